The van der Waals surface area contributed by atoms with Crippen molar-refractivity contribution in [2.24, 2.45) is 0 Å². The number of carbonyl (C=O) groups excluding carboxylic acids is 1. The lowest BCUT2D eigenvalue weighted by Gasteiger charge is -2.46. The third-order valence-corrected chi connectivity index (χ3v) is 11.7. The van der Waals surface area contributed by atoms with E-state index in [-0.39, 0.29) is 18.9 Å². The van der Waals surface area contributed by atoms with Crippen molar-refractivity contribution in [3.63, 3.8) is 0 Å². The fraction of sp³-hybridized carbons (Fsp3) is 0.933. The number of ether oxygens (including phenoxy) is 4. The first-order chi connectivity index (χ1) is 28.6. The molecule has 2 fully saturated rings. The molecule has 0 bridgehead atoms. The maximum atomic E-state index is 13.1. The SMILES string of the molecule is CCCCCCCCCC/C=C/C(O)C(COC1OC(CO)C(OC2OC(CO)C(O)C(O)C2O)C(O)C1O)NC(=O)CCCCCCCCCCCCCCCCC. The molecule has 12 unspecified atom stereocenters. The Balaban J connectivity index is 1.87. The standard InChI is InChI=1S/C45H85NO13/c1-3-5-7-9-11-13-15-16-17-18-19-21-23-25-27-29-37(50)46-33(34(49)28-26-24-22-20-14-12-10-8-6-4-2)32-56-44-42(55)40(53)43(36(31-48)58-44)59-45-41(54)39(52)38(51)35(30-47)57-45/h26,28,33-36,38-45,47-49,51-55H,3-25,27,29-32H2,1-2H3,(H,46,50)/b28-26+. The topological polar surface area (TPSA) is 228 Å². The molecule has 0 radical (unpaired) electrons. The molecule has 2 saturated heterocycles. The summed E-state index contributed by atoms with van der Waals surface area (Å²) in [4.78, 5) is 13.1. The fourth-order valence-corrected chi connectivity index (χ4v) is 7.82. The van der Waals surface area contributed by atoms with Crippen LogP contribution in [0.25, 0.3) is 0 Å². The van der Waals surface area contributed by atoms with Crippen LogP contribution in [0.3, 0.4) is 0 Å². The van der Waals surface area contributed by atoms with Crippen LogP contribution in [0.5, 0.6) is 0 Å². The quantitative estimate of drug-likeness (QED) is 0.0308. The minimum atomic E-state index is -1.78. The molecule has 9 N–H and O–H groups in total. The van der Waals surface area contributed by atoms with E-state index in [1.807, 2.05) is 6.08 Å². The van der Waals surface area contributed by atoms with Gasteiger partial charge in [0.1, 0.15) is 48.8 Å². The summed E-state index contributed by atoms with van der Waals surface area (Å²) in [6.45, 7) is 2.75. The van der Waals surface area contributed by atoms with E-state index in [0.717, 1.165) is 38.5 Å². The van der Waals surface area contributed by atoms with Gasteiger partial charge in [0, 0.05) is 6.42 Å². The Morgan fingerprint density at radius 3 is 1.56 bits per heavy atom. The predicted octanol–water partition coefficient (Wildman–Crippen LogP) is 4.82. The number of hydrogen-bond donors (Lipinski definition) is 9. The van der Waals surface area contributed by atoms with Gasteiger partial charge in [-0.3, -0.25) is 4.79 Å². The van der Waals surface area contributed by atoms with Gasteiger partial charge in [0.05, 0.1) is 32.0 Å². The van der Waals surface area contributed by atoms with E-state index in [0.29, 0.717) is 6.42 Å². The summed E-state index contributed by atoms with van der Waals surface area (Å²) in [5, 5.41) is 86.4. The molecule has 2 heterocycles. The summed E-state index contributed by atoms with van der Waals surface area (Å²) < 4.78 is 22.6. The van der Waals surface area contributed by atoms with Gasteiger partial charge in [-0.25, -0.2) is 0 Å². The van der Waals surface area contributed by atoms with Gasteiger partial charge >= 0.3 is 0 Å². The highest BCUT2D eigenvalue weighted by Crippen LogP contribution is 2.30. The average Bonchev–Trinajstić information content (AvgIpc) is 3.23. The van der Waals surface area contributed by atoms with Crippen LogP contribution in [-0.4, -0.2) is 140 Å². The van der Waals surface area contributed by atoms with E-state index >= 15 is 0 Å². The number of unbranched alkanes of at least 4 members (excludes halogenated alkanes) is 22. The maximum absolute atomic E-state index is 13.1. The Morgan fingerprint density at radius 2 is 1.05 bits per heavy atom. The number of allylic oxidation sites excluding steroid dienone is 1. The Bertz CT molecular complexity index is 1050. The lowest BCUT2D eigenvalue weighted by atomic mass is 9.97. The van der Waals surface area contributed by atoms with Gasteiger partial charge in [-0.2, -0.15) is 0 Å². The van der Waals surface area contributed by atoms with E-state index in [9.17, 15) is 45.6 Å². The summed E-state index contributed by atoms with van der Waals surface area (Å²) in [5.74, 6) is -0.241. The number of nitrogens with one attached hydrogen (secondary N) is 1. The van der Waals surface area contributed by atoms with Gasteiger partial charge in [-0.15, -0.1) is 0 Å². The molecular formula is C45H85NO13. The second-order valence-corrected chi connectivity index (χ2v) is 16.9. The lowest BCUT2D eigenvalue weighted by molar-refractivity contribution is -0.359. The van der Waals surface area contributed by atoms with Crippen LogP contribution < -0.4 is 5.32 Å². The van der Waals surface area contributed by atoms with E-state index < -0.39 is 86.8 Å². The van der Waals surface area contributed by atoms with Crippen molar-refractivity contribution < 1.29 is 64.6 Å². The van der Waals surface area contributed by atoms with Gasteiger partial charge in [0.25, 0.3) is 0 Å². The summed E-state index contributed by atoms with van der Waals surface area (Å²) >= 11 is 0. The average molecular weight is 848 g/mol. The zero-order chi connectivity index (χ0) is 43.3. The fourth-order valence-electron chi connectivity index (χ4n) is 7.82. The minimum absolute atomic E-state index is 0.241. The molecule has 14 heteroatoms. The molecule has 2 aliphatic rings. The van der Waals surface area contributed by atoms with Crippen LogP contribution >= 0.6 is 0 Å². The normalized spacial score (nSPS) is 28.6. The molecular weight excluding hydrogens is 762 g/mol. The number of carbonyl (C=O) groups is 1. The van der Waals surface area contributed by atoms with Gasteiger partial charge in [-0.05, 0) is 19.3 Å². The van der Waals surface area contributed by atoms with Crippen LogP contribution in [-0.2, 0) is 23.7 Å². The van der Waals surface area contributed by atoms with Crippen molar-refractivity contribution in [1.29, 1.82) is 0 Å². The number of aliphatic hydroxyl groups is 8. The number of hydrogen-bond acceptors (Lipinski definition) is 13. The Kier molecular flexibility index (Phi) is 30.4. The predicted molar refractivity (Wildman–Crippen MR) is 226 cm³/mol. The van der Waals surface area contributed by atoms with Gasteiger partial charge in [0.2, 0.25) is 5.91 Å². The largest absolute Gasteiger partial charge is 0.394 e. The van der Waals surface area contributed by atoms with E-state index in [4.69, 9.17) is 18.9 Å². The number of aliphatic hydroxyl groups excluding tert-OH is 8. The van der Waals surface area contributed by atoms with Gasteiger partial charge < -0.3 is 65.1 Å². The third kappa shape index (κ3) is 21.6. The second kappa shape index (κ2) is 33.3. The third-order valence-electron chi connectivity index (χ3n) is 11.7. The monoisotopic (exact) mass is 848 g/mol. The first-order valence-corrected chi connectivity index (χ1v) is 23.4. The van der Waals surface area contributed by atoms with Crippen LogP contribution in [0.4, 0.5) is 0 Å². The Labute approximate surface area is 355 Å². The highest BCUT2D eigenvalue weighted by molar-refractivity contribution is 5.76. The Morgan fingerprint density at radius 1 is 0.593 bits per heavy atom. The lowest BCUT2D eigenvalue weighted by Crippen LogP contribution is -2.65. The number of rotatable bonds is 35. The zero-order valence-corrected chi connectivity index (χ0v) is 36.5. The molecule has 0 aromatic carbocycles. The molecule has 0 aromatic heterocycles. The van der Waals surface area contributed by atoms with Gasteiger partial charge in [-0.1, -0.05) is 161 Å². The summed E-state index contributed by atoms with van der Waals surface area (Å²) in [6, 6.07) is -0.905. The smallest absolute Gasteiger partial charge is 0.220 e. The molecule has 59 heavy (non-hydrogen) atoms. The van der Waals surface area contributed by atoms with Crippen LogP contribution in [0.2, 0.25) is 0 Å². The molecule has 12 atom stereocenters. The molecule has 0 aliphatic carbocycles. The zero-order valence-electron chi connectivity index (χ0n) is 36.5. The molecule has 14 nitrogen and oxygen atoms in total. The van der Waals surface area contributed by atoms with Crippen molar-refractivity contribution in [3.8, 4) is 0 Å². The molecule has 0 aromatic rings. The van der Waals surface area contributed by atoms with Crippen LogP contribution in [0.15, 0.2) is 12.2 Å². The molecule has 1 amide bonds. The van der Waals surface area contributed by atoms with E-state index in [1.165, 1.54) is 109 Å². The second-order valence-electron chi connectivity index (χ2n) is 16.9. The summed E-state index contributed by atoms with van der Waals surface area (Å²) in [6.07, 6.45) is 15.5. The van der Waals surface area contributed by atoms with Crippen molar-refractivity contribution in [3.05, 3.63) is 12.2 Å². The van der Waals surface area contributed by atoms with Crippen molar-refractivity contribution in [2.45, 2.75) is 248 Å². The first kappa shape index (κ1) is 53.9. The van der Waals surface area contributed by atoms with E-state index in [2.05, 4.69) is 19.2 Å². The molecule has 0 spiro atoms. The van der Waals surface area contributed by atoms with Crippen LogP contribution in [0, 0.1) is 0 Å². The Hall–Kier alpha value is -1.27. The van der Waals surface area contributed by atoms with Crippen molar-refractivity contribution in [2.75, 3.05) is 19.8 Å². The minimum Gasteiger partial charge on any atom is -0.394 e. The van der Waals surface area contributed by atoms with Gasteiger partial charge in [0.15, 0.2) is 12.6 Å². The first-order valence-electron chi connectivity index (χ1n) is 23.4. The van der Waals surface area contributed by atoms with Crippen molar-refractivity contribution >= 4 is 5.91 Å². The molecule has 2 rings (SSSR count). The van der Waals surface area contributed by atoms with E-state index in [1.54, 1.807) is 6.08 Å². The summed E-state index contributed by atoms with van der Waals surface area (Å²) in [7, 11) is 0. The highest BCUT2D eigenvalue weighted by atomic mass is 16.7. The molecule has 0 saturated carbocycles. The van der Waals surface area contributed by atoms with Crippen LogP contribution in [0.1, 0.15) is 174 Å². The van der Waals surface area contributed by atoms with Crippen molar-refractivity contribution in [1.82, 2.24) is 5.32 Å². The number of amides is 1. The summed E-state index contributed by atoms with van der Waals surface area (Å²) in [5.41, 5.74) is 0. The maximum Gasteiger partial charge on any atom is 0.220 e. The molecule has 2 aliphatic heterocycles. The molecule has 348 valence electrons. The highest BCUT2D eigenvalue weighted by Gasteiger charge is 2.50.